The van der Waals surface area contributed by atoms with Crippen molar-refractivity contribution in [1.29, 1.82) is 0 Å². The highest BCUT2D eigenvalue weighted by Gasteiger charge is 2.22. The molecule has 0 aliphatic rings. The van der Waals surface area contributed by atoms with Gasteiger partial charge < -0.3 is 10.1 Å². The molecule has 0 unspecified atom stereocenters. The van der Waals surface area contributed by atoms with Crippen molar-refractivity contribution in [3.05, 3.63) is 70.6 Å². The summed E-state index contributed by atoms with van der Waals surface area (Å²) in [5, 5.41) is 7.40. The zero-order valence-corrected chi connectivity index (χ0v) is 14.3. The van der Waals surface area contributed by atoms with Crippen LogP contribution in [0.15, 0.2) is 59.4 Å². The number of amides is 1. The van der Waals surface area contributed by atoms with Crippen molar-refractivity contribution >= 4 is 28.3 Å². The highest BCUT2D eigenvalue weighted by atomic mass is 16.5. The van der Waals surface area contributed by atoms with Gasteiger partial charge in [0.2, 0.25) is 0 Å². The summed E-state index contributed by atoms with van der Waals surface area (Å²) in [5.41, 5.74) is 0.278. The minimum atomic E-state index is -1.03. The van der Waals surface area contributed by atoms with Crippen LogP contribution in [0.25, 0.3) is 10.8 Å². The van der Waals surface area contributed by atoms with Crippen molar-refractivity contribution in [2.24, 2.45) is 7.05 Å². The summed E-state index contributed by atoms with van der Waals surface area (Å²) in [4.78, 5) is 36.8. The van der Waals surface area contributed by atoms with Crippen LogP contribution in [0.3, 0.4) is 0 Å². The zero-order valence-electron chi connectivity index (χ0n) is 14.3. The van der Waals surface area contributed by atoms with Crippen molar-refractivity contribution in [2.75, 3.05) is 5.32 Å². The van der Waals surface area contributed by atoms with Gasteiger partial charge in [-0.05, 0) is 25.1 Å². The van der Waals surface area contributed by atoms with Gasteiger partial charge in [-0.1, -0.05) is 36.4 Å². The molecule has 0 bridgehead atoms. The van der Waals surface area contributed by atoms with E-state index in [1.807, 2.05) is 6.07 Å². The number of rotatable bonds is 4. The molecule has 2 aromatic carbocycles. The fourth-order valence-electron chi connectivity index (χ4n) is 2.49. The summed E-state index contributed by atoms with van der Waals surface area (Å²) < 4.78 is 6.32. The monoisotopic (exact) mass is 351 g/mol. The highest BCUT2D eigenvalue weighted by Crippen LogP contribution is 2.15. The topological polar surface area (TPSA) is 90.3 Å². The number of carbonyl (C=O) groups is 2. The van der Waals surface area contributed by atoms with Crippen LogP contribution in [0, 0.1) is 0 Å². The molecule has 26 heavy (non-hydrogen) atoms. The van der Waals surface area contributed by atoms with E-state index < -0.39 is 18.0 Å². The number of hydrogen-bond donors (Lipinski definition) is 1. The third kappa shape index (κ3) is 3.46. The van der Waals surface area contributed by atoms with Gasteiger partial charge in [-0.3, -0.25) is 9.59 Å². The number of esters is 1. The molecule has 1 amide bonds. The van der Waals surface area contributed by atoms with Gasteiger partial charge in [0.1, 0.15) is 0 Å². The summed E-state index contributed by atoms with van der Waals surface area (Å²) in [6, 6.07) is 15.5. The van der Waals surface area contributed by atoms with E-state index in [-0.39, 0.29) is 11.3 Å². The lowest BCUT2D eigenvalue weighted by molar-refractivity contribution is -0.123. The van der Waals surface area contributed by atoms with Crippen molar-refractivity contribution in [3.8, 4) is 0 Å². The summed E-state index contributed by atoms with van der Waals surface area (Å²) in [6.07, 6.45) is -1.03. The fourth-order valence-corrected chi connectivity index (χ4v) is 2.49. The molecule has 1 heterocycles. The Kier molecular flexibility index (Phi) is 4.79. The van der Waals surface area contributed by atoms with Crippen molar-refractivity contribution < 1.29 is 14.3 Å². The first-order valence-corrected chi connectivity index (χ1v) is 8.00. The molecule has 0 saturated carbocycles. The standard InChI is InChI=1S/C19H17N3O4/c1-12(17(23)20-13-8-4-3-5-9-13)26-19(25)16-14-10-6-7-11-15(14)18(24)22(2)21-16/h3-12H,1-2H3,(H,20,23)/t12-/m1/s1. The Balaban J connectivity index is 1.82. The molecule has 0 saturated heterocycles. The van der Waals surface area contributed by atoms with Crippen molar-refractivity contribution in [2.45, 2.75) is 13.0 Å². The molecular weight excluding hydrogens is 334 g/mol. The summed E-state index contributed by atoms with van der Waals surface area (Å²) in [6.45, 7) is 1.47. The predicted octanol–water partition coefficient (Wildman–Crippen LogP) is 2.12. The van der Waals surface area contributed by atoms with Gasteiger partial charge >= 0.3 is 5.97 Å². The van der Waals surface area contributed by atoms with Crippen LogP contribution >= 0.6 is 0 Å². The smallest absolute Gasteiger partial charge is 0.360 e. The first-order chi connectivity index (χ1) is 12.5. The lowest BCUT2D eigenvalue weighted by Gasteiger charge is -2.14. The van der Waals surface area contributed by atoms with Crippen molar-refractivity contribution in [1.82, 2.24) is 9.78 Å². The third-order valence-corrected chi connectivity index (χ3v) is 3.84. The van der Waals surface area contributed by atoms with Gasteiger partial charge in [-0.2, -0.15) is 5.10 Å². The number of ether oxygens (including phenoxy) is 1. The molecule has 7 nitrogen and oxygen atoms in total. The van der Waals surface area contributed by atoms with Crippen LogP contribution in [0.1, 0.15) is 17.4 Å². The van der Waals surface area contributed by atoms with Crippen LogP contribution in [-0.4, -0.2) is 27.8 Å². The van der Waals surface area contributed by atoms with E-state index in [9.17, 15) is 14.4 Å². The molecular formula is C19H17N3O4. The van der Waals surface area contributed by atoms with E-state index in [0.717, 1.165) is 4.68 Å². The summed E-state index contributed by atoms with van der Waals surface area (Å²) in [5.74, 6) is -1.23. The summed E-state index contributed by atoms with van der Waals surface area (Å²) >= 11 is 0. The lowest BCUT2D eigenvalue weighted by Crippen LogP contribution is -2.31. The van der Waals surface area contributed by atoms with Crippen molar-refractivity contribution in [3.63, 3.8) is 0 Å². The second-order valence-corrected chi connectivity index (χ2v) is 5.73. The number of carbonyl (C=O) groups excluding carboxylic acids is 2. The molecule has 0 aliphatic carbocycles. The van der Waals surface area contributed by atoms with E-state index in [4.69, 9.17) is 4.74 Å². The Morgan fingerprint density at radius 3 is 2.35 bits per heavy atom. The Morgan fingerprint density at radius 1 is 1.04 bits per heavy atom. The average molecular weight is 351 g/mol. The number of para-hydroxylation sites is 1. The number of aryl methyl sites for hydroxylation is 1. The van der Waals surface area contributed by atoms with Crippen LogP contribution in [0.2, 0.25) is 0 Å². The van der Waals surface area contributed by atoms with Gasteiger partial charge in [0.15, 0.2) is 11.8 Å². The Labute approximate surface area is 149 Å². The molecule has 0 spiro atoms. The normalized spacial score (nSPS) is 11.8. The predicted molar refractivity (Wildman–Crippen MR) is 96.9 cm³/mol. The average Bonchev–Trinajstić information content (AvgIpc) is 2.65. The molecule has 1 atom stereocenters. The lowest BCUT2D eigenvalue weighted by atomic mass is 10.1. The van der Waals surface area contributed by atoms with Gasteiger partial charge in [-0.25, -0.2) is 9.48 Å². The maximum atomic E-state index is 12.5. The number of fused-ring (bicyclic) bond motifs is 1. The van der Waals surface area contributed by atoms with Crippen LogP contribution < -0.4 is 10.9 Å². The molecule has 132 valence electrons. The van der Waals surface area contributed by atoms with Gasteiger partial charge in [0.05, 0.1) is 5.39 Å². The van der Waals surface area contributed by atoms with Gasteiger partial charge in [0.25, 0.3) is 11.5 Å². The number of benzene rings is 2. The van der Waals surface area contributed by atoms with Crippen LogP contribution in [0.4, 0.5) is 5.69 Å². The number of anilines is 1. The third-order valence-electron chi connectivity index (χ3n) is 3.84. The minimum Gasteiger partial charge on any atom is -0.448 e. The van der Waals surface area contributed by atoms with Crippen LogP contribution in [-0.2, 0) is 16.6 Å². The zero-order chi connectivity index (χ0) is 18.7. The molecule has 0 fully saturated rings. The van der Waals surface area contributed by atoms with E-state index in [2.05, 4.69) is 10.4 Å². The number of hydrogen-bond acceptors (Lipinski definition) is 5. The summed E-state index contributed by atoms with van der Waals surface area (Å²) in [7, 11) is 1.46. The Hall–Kier alpha value is -3.48. The Bertz CT molecular complexity index is 1030. The molecule has 1 aromatic heterocycles. The van der Waals surface area contributed by atoms with Gasteiger partial charge in [0, 0.05) is 18.1 Å². The van der Waals surface area contributed by atoms with E-state index in [0.29, 0.717) is 16.5 Å². The SMILES string of the molecule is C[C@@H](OC(=O)c1nn(C)c(=O)c2ccccc12)C(=O)Nc1ccccc1. The molecule has 3 aromatic rings. The number of aromatic nitrogens is 2. The number of nitrogens with one attached hydrogen (secondary N) is 1. The first kappa shape index (κ1) is 17.3. The van der Waals surface area contributed by atoms with Crippen LogP contribution in [0.5, 0.6) is 0 Å². The molecule has 1 N–H and O–H groups in total. The van der Waals surface area contributed by atoms with E-state index in [1.165, 1.54) is 14.0 Å². The van der Waals surface area contributed by atoms with E-state index in [1.54, 1.807) is 48.5 Å². The first-order valence-electron chi connectivity index (χ1n) is 8.00. The molecule has 0 radical (unpaired) electrons. The quantitative estimate of drug-likeness (QED) is 0.727. The molecule has 7 heteroatoms. The highest BCUT2D eigenvalue weighted by molar-refractivity contribution is 6.03. The minimum absolute atomic E-state index is 0.0120. The molecule has 3 rings (SSSR count). The van der Waals surface area contributed by atoms with E-state index >= 15 is 0 Å². The molecule has 0 aliphatic heterocycles. The largest absolute Gasteiger partial charge is 0.448 e. The Morgan fingerprint density at radius 2 is 1.65 bits per heavy atom. The second kappa shape index (κ2) is 7.18. The second-order valence-electron chi connectivity index (χ2n) is 5.73. The maximum absolute atomic E-state index is 12.5. The number of nitrogens with zero attached hydrogens (tertiary/aromatic N) is 2. The van der Waals surface area contributed by atoms with Gasteiger partial charge in [-0.15, -0.1) is 0 Å². The fraction of sp³-hybridized carbons (Fsp3) is 0.158. The maximum Gasteiger partial charge on any atom is 0.360 e.